The number of anilines is 1. The van der Waals surface area contributed by atoms with Crippen LogP contribution in [0.5, 0.6) is 0 Å². The second-order valence-corrected chi connectivity index (χ2v) is 5.58. The molecular formula is C16H19N7O2. The highest BCUT2D eigenvalue weighted by Crippen LogP contribution is 2.16. The van der Waals surface area contributed by atoms with Gasteiger partial charge in [0, 0.05) is 26.0 Å². The van der Waals surface area contributed by atoms with Crippen LogP contribution in [0.4, 0.5) is 5.95 Å². The normalized spacial score (nSPS) is 11.4. The number of nitrogens with one attached hydrogen (secondary N) is 2. The summed E-state index contributed by atoms with van der Waals surface area (Å²) in [5.41, 5.74) is 3.48. The fourth-order valence-electron chi connectivity index (χ4n) is 2.47. The lowest BCUT2D eigenvalue weighted by Gasteiger charge is -2.06. The summed E-state index contributed by atoms with van der Waals surface area (Å²) in [6.45, 7) is 2.66. The summed E-state index contributed by atoms with van der Waals surface area (Å²) in [6, 6.07) is 3.64. The Hall–Kier alpha value is -3.23. The van der Waals surface area contributed by atoms with Gasteiger partial charge in [-0.1, -0.05) is 13.3 Å². The standard InChI is InChI=1S/C16H19N7O2/c1-3-4-9-23-12-13(22(2)16(25)20-14(12)24)19-15(23)21-18-10-11-5-7-17-8-6-11/h5-8,10H,3-4,9H2,1-2H3,(H,19,21)(H,20,24,25)/b18-10+. The van der Waals surface area contributed by atoms with E-state index in [1.54, 1.807) is 30.2 Å². The Morgan fingerprint density at radius 1 is 1.32 bits per heavy atom. The van der Waals surface area contributed by atoms with Gasteiger partial charge in [-0.2, -0.15) is 10.1 Å². The van der Waals surface area contributed by atoms with Crippen molar-refractivity contribution in [3.8, 4) is 0 Å². The number of H-pyrrole nitrogens is 1. The molecule has 0 amide bonds. The van der Waals surface area contributed by atoms with Crippen LogP contribution in [0, 0.1) is 0 Å². The Morgan fingerprint density at radius 2 is 2.08 bits per heavy atom. The van der Waals surface area contributed by atoms with E-state index >= 15 is 0 Å². The third-order valence-electron chi connectivity index (χ3n) is 3.83. The minimum Gasteiger partial charge on any atom is -0.303 e. The molecule has 0 radical (unpaired) electrons. The molecule has 0 aliphatic heterocycles. The molecule has 0 atom stereocenters. The maximum Gasteiger partial charge on any atom is 0.329 e. The van der Waals surface area contributed by atoms with Gasteiger partial charge in [-0.05, 0) is 24.1 Å². The van der Waals surface area contributed by atoms with Crippen LogP contribution in [-0.2, 0) is 13.6 Å². The van der Waals surface area contributed by atoms with Crippen molar-refractivity contribution < 1.29 is 0 Å². The number of hydrazone groups is 1. The second-order valence-electron chi connectivity index (χ2n) is 5.58. The molecule has 25 heavy (non-hydrogen) atoms. The Kier molecular flexibility index (Phi) is 4.73. The number of hydrogen-bond acceptors (Lipinski definition) is 6. The van der Waals surface area contributed by atoms with Gasteiger partial charge in [-0.25, -0.2) is 10.2 Å². The van der Waals surface area contributed by atoms with E-state index in [0.29, 0.717) is 23.7 Å². The molecule has 0 spiro atoms. The van der Waals surface area contributed by atoms with Crippen LogP contribution in [0.15, 0.2) is 39.2 Å². The van der Waals surface area contributed by atoms with Gasteiger partial charge in [-0.3, -0.25) is 19.3 Å². The molecule has 130 valence electrons. The Balaban J connectivity index is 2.03. The number of imidazole rings is 1. The predicted octanol–water partition coefficient (Wildman–Crippen LogP) is 1.06. The van der Waals surface area contributed by atoms with Gasteiger partial charge < -0.3 is 4.57 Å². The van der Waals surface area contributed by atoms with E-state index < -0.39 is 11.2 Å². The molecule has 0 unspecified atom stereocenters. The van der Waals surface area contributed by atoms with Crippen molar-refractivity contribution in [1.29, 1.82) is 0 Å². The number of aromatic nitrogens is 5. The summed E-state index contributed by atoms with van der Waals surface area (Å²) in [4.78, 5) is 34.7. The summed E-state index contributed by atoms with van der Waals surface area (Å²) in [5, 5.41) is 4.17. The van der Waals surface area contributed by atoms with Crippen molar-refractivity contribution in [2.24, 2.45) is 12.1 Å². The van der Waals surface area contributed by atoms with Crippen LogP contribution in [0.3, 0.4) is 0 Å². The summed E-state index contributed by atoms with van der Waals surface area (Å²) in [5.74, 6) is 0.417. The first-order chi connectivity index (χ1) is 12.1. The van der Waals surface area contributed by atoms with Gasteiger partial charge in [0.2, 0.25) is 5.95 Å². The molecule has 0 aromatic carbocycles. The number of rotatable bonds is 6. The molecule has 3 rings (SSSR count). The molecule has 3 aromatic heterocycles. The van der Waals surface area contributed by atoms with E-state index in [4.69, 9.17) is 0 Å². The van der Waals surface area contributed by atoms with Gasteiger partial charge in [-0.15, -0.1) is 0 Å². The van der Waals surface area contributed by atoms with Gasteiger partial charge in [0.1, 0.15) is 0 Å². The highest BCUT2D eigenvalue weighted by atomic mass is 16.2. The minimum atomic E-state index is -0.496. The average molecular weight is 341 g/mol. The molecule has 3 aromatic rings. The van der Waals surface area contributed by atoms with Crippen LogP contribution in [-0.4, -0.2) is 30.3 Å². The van der Waals surface area contributed by atoms with Crippen molar-refractivity contribution >= 4 is 23.3 Å². The topological polar surface area (TPSA) is 110 Å². The van der Waals surface area contributed by atoms with Gasteiger partial charge >= 0.3 is 5.69 Å². The van der Waals surface area contributed by atoms with Crippen LogP contribution in [0.1, 0.15) is 25.3 Å². The molecule has 0 bridgehead atoms. The van der Waals surface area contributed by atoms with Crippen LogP contribution < -0.4 is 16.7 Å². The van der Waals surface area contributed by atoms with E-state index in [9.17, 15) is 9.59 Å². The first kappa shape index (κ1) is 16.6. The van der Waals surface area contributed by atoms with Gasteiger partial charge in [0.05, 0.1) is 6.21 Å². The van der Waals surface area contributed by atoms with Gasteiger partial charge in [0.15, 0.2) is 11.2 Å². The van der Waals surface area contributed by atoms with Crippen molar-refractivity contribution in [2.75, 3.05) is 5.43 Å². The first-order valence-electron chi connectivity index (χ1n) is 8.00. The van der Waals surface area contributed by atoms with Crippen molar-refractivity contribution in [3.05, 3.63) is 50.9 Å². The molecule has 0 fully saturated rings. The van der Waals surface area contributed by atoms with E-state index in [2.05, 4.69) is 32.4 Å². The maximum atomic E-state index is 12.2. The number of nitrogens with zero attached hydrogens (tertiary/aromatic N) is 5. The molecule has 0 saturated heterocycles. The molecule has 0 saturated carbocycles. The van der Waals surface area contributed by atoms with E-state index in [-0.39, 0.29) is 0 Å². The largest absolute Gasteiger partial charge is 0.329 e. The summed E-state index contributed by atoms with van der Waals surface area (Å²) >= 11 is 0. The fraction of sp³-hybridized carbons (Fsp3) is 0.312. The highest BCUT2D eigenvalue weighted by molar-refractivity contribution is 5.80. The lowest BCUT2D eigenvalue weighted by atomic mass is 10.3. The van der Waals surface area contributed by atoms with Gasteiger partial charge in [0.25, 0.3) is 5.56 Å². The Bertz CT molecular complexity index is 1010. The summed E-state index contributed by atoms with van der Waals surface area (Å²) in [7, 11) is 1.57. The van der Waals surface area contributed by atoms with Crippen LogP contribution in [0.2, 0.25) is 0 Å². The zero-order chi connectivity index (χ0) is 17.8. The molecule has 9 nitrogen and oxygen atoms in total. The molecule has 2 N–H and O–H groups in total. The van der Waals surface area contributed by atoms with E-state index in [0.717, 1.165) is 18.4 Å². The lowest BCUT2D eigenvalue weighted by Crippen LogP contribution is -2.29. The summed E-state index contributed by atoms with van der Waals surface area (Å²) in [6.07, 6.45) is 6.81. The van der Waals surface area contributed by atoms with Crippen molar-refractivity contribution in [3.63, 3.8) is 0 Å². The molecular weight excluding hydrogens is 322 g/mol. The molecule has 9 heteroatoms. The maximum absolute atomic E-state index is 12.2. The number of aromatic amines is 1. The fourth-order valence-corrected chi connectivity index (χ4v) is 2.47. The molecule has 0 aliphatic carbocycles. The number of hydrogen-bond donors (Lipinski definition) is 2. The monoisotopic (exact) mass is 341 g/mol. The van der Waals surface area contributed by atoms with Crippen LogP contribution >= 0.6 is 0 Å². The SMILES string of the molecule is CCCCn1c(N/N=C/c2ccncc2)nc2c1c(=O)[nH]c(=O)n2C. The molecule has 3 heterocycles. The number of pyridine rings is 1. The third kappa shape index (κ3) is 3.35. The number of aryl methyl sites for hydroxylation is 2. The second kappa shape index (κ2) is 7.12. The van der Waals surface area contributed by atoms with E-state index in [1.807, 2.05) is 12.1 Å². The lowest BCUT2D eigenvalue weighted by molar-refractivity contribution is 0.647. The number of unbranched alkanes of at least 4 members (excludes halogenated alkanes) is 1. The minimum absolute atomic E-state index is 0.325. The van der Waals surface area contributed by atoms with Crippen molar-refractivity contribution in [2.45, 2.75) is 26.3 Å². The predicted molar refractivity (Wildman–Crippen MR) is 96.0 cm³/mol. The Labute approximate surface area is 143 Å². The Morgan fingerprint density at radius 3 is 2.80 bits per heavy atom. The first-order valence-corrected chi connectivity index (χ1v) is 8.00. The smallest absolute Gasteiger partial charge is 0.303 e. The zero-order valence-electron chi connectivity index (χ0n) is 14.1. The number of fused-ring (bicyclic) bond motifs is 1. The quantitative estimate of drug-likeness (QED) is 0.515. The average Bonchev–Trinajstić information content (AvgIpc) is 2.98. The zero-order valence-corrected chi connectivity index (χ0v) is 14.1. The van der Waals surface area contributed by atoms with Crippen molar-refractivity contribution in [1.82, 2.24) is 24.1 Å². The highest BCUT2D eigenvalue weighted by Gasteiger charge is 2.16. The molecule has 0 aliphatic rings. The van der Waals surface area contributed by atoms with E-state index in [1.165, 1.54) is 4.57 Å². The van der Waals surface area contributed by atoms with Crippen LogP contribution in [0.25, 0.3) is 11.2 Å². The summed E-state index contributed by atoms with van der Waals surface area (Å²) < 4.78 is 3.07. The third-order valence-corrected chi connectivity index (χ3v) is 3.83.